The molecule has 0 radical (unpaired) electrons. The zero-order valence-corrected chi connectivity index (χ0v) is 13.8. The van der Waals surface area contributed by atoms with Crippen LogP contribution in [0.2, 0.25) is 0 Å². The van der Waals surface area contributed by atoms with Crippen molar-refractivity contribution in [2.75, 3.05) is 6.61 Å². The smallest absolute Gasteiger partial charge is 0.433 e. The van der Waals surface area contributed by atoms with Gasteiger partial charge in [0.2, 0.25) is 0 Å². The lowest BCUT2D eigenvalue weighted by Crippen LogP contribution is -2.42. The number of ether oxygens (including phenoxy) is 2. The van der Waals surface area contributed by atoms with Crippen molar-refractivity contribution < 1.29 is 32.2 Å². The summed E-state index contributed by atoms with van der Waals surface area (Å²) >= 11 is 0. The molecule has 1 amide bonds. The summed E-state index contributed by atoms with van der Waals surface area (Å²) in [5.41, 5.74) is -1.80. The van der Waals surface area contributed by atoms with Gasteiger partial charge in [-0.2, -0.15) is 18.3 Å². The van der Waals surface area contributed by atoms with Gasteiger partial charge in [-0.05, 0) is 27.7 Å². The second kappa shape index (κ2) is 7.54. The van der Waals surface area contributed by atoms with Crippen LogP contribution in [0.15, 0.2) is 6.20 Å². The van der Waals surface area contributed by atoms with Crippen molar-refractivity contribution in [3.8, 4) is 0 Å². The standard InChI is InChI=1S/C14H20F3N3O4/c1-8(19-12(22)24-13(2,3)4)11(21)23-6-5-9-7-18-20-10(9)14(15,16)17/h7-8H,5-6H2,1-4H3,(H,18,20)(H,19,22). The number of alkyl carbamates (subject to hydrolysis) is 1. The molecule has 0 aliphatic carbocycles. The molecule has 2 N–H and O–H groups in total. The quantitative estimate of drug-likeness (QED) is 0.795. The maximum Gasteiger partial charge on any atom is 0.433 e. The molecule has 0 aliphatic heterocycles. The van der Waals surface area contributed by atoms with Crippen molar-refractivity contribution in [1.82, 2.24) is 15.5 Å². The average Bonchev–Trinajstić information content (AvgIpc) is 2.84. The summed E-state index contributed by atoms with van der Waals surface area (Å²) in [5, 5.41) is 7.48. The van der Waals surface area contributed by atoms with E-state index in [1.54, 1.807) is 20.8 Å². The average molecular weight is 351 g/mol. The number of carbonyl (C=O) groups is 2. The summed E-state index contributed by atoms with van der Waals surface area (Å²) in [6, 6.07) is -0.994. The fraction of sp³-hybridized carbons (Fsp3) is 0.643. The third kappa shape index (κ3) is 6.47. The topological polar surface area (TPSA) is 93.3 Å². The van der Waals surface area contributed by atoms with E-state index in [0.29, 0.717) is 0 Å². The number of amides is 1. The van der Waals surface area contributed by atoms with Gasteiger partial charge in [-0.1, -0.05) is 0 Å². The Morgan fingerprint density at radius 1 is 1.33 bits per heavy atom. The summed E-state index contributed by atoms with van der Waals surface area (Å²) in [6.07, 6.45) is -4.47. The largest absolute Gasteiger partial charge is 0.464 e. The van der Waals surface area contributed by atoms with Crippen LogP contribution >= 0.6 is 0 Å². The number of nitrogens with zero attached hydrogens (tertiary/aromatic N) is 1. The molecular weight excluding hydrogens is 331 g/mol. The van der Waals surface area contributed by atoms with Crippen LogP contribution in [0.4, 0.5) is 18.0 Å². The number of hydrogen-bond acceptors (Lipinski definition) is 5. The molecule has 1 heterocycles. The SMILES string of the molecule is CC(NC(=O)OC(C)(C)C)C(=O)OCCc1cn[nH]c1C(F)(F)F. The van der Waals surface area contributed by atoms with Gasteiger partial charge in [0.15, 0.2) is 0 Å². The predicted octanol–water partition coefficient (Wildman–Crippen LogP) is 2.43. The van der Waals surface area contributed by atoms with Crippen LogP contribution in [0.25, 0.3) is 0 Å². The molecule has 0 bridgehead atoms. The Kier molecular flexibility index (Phi) is 6.22. The first-order valence-corrected chi connectivity index (χ1v) is 7.15. The highest BCUT2D eigenvalue weighted by atomic mass is 19.4. The third-order valence-electron chi connectivity index (χ3n) is 2.70. The summed E-state index contributed by atoms with van der Waals surface area (Å²) < 4.78 is 47.7. The minimum Gasteiger partial charge on any atom is -0.464 e. The van der Waals surface area contributed by atoms with Gasteiger partial charge in [0.05, 0.1) is 12.8 Å². The zero-order valence-electron chi connectivity index (χ0n) is 13.8. The van der Waals surface area contributed by atoms with Crippen molar-refractivity contribution in [2.24, 2.45) is 0 Å². The van der Waals surface area contributed by atoms with Crippen LogP contribution in [-0.4, -0.2) is 40.5 Å². The first-order valence-electron chi connectivity index (χ1n) is 7.15. The van der Waals surface area contributed by atoms with Gasteiger partial charge in [0, 0.05) is 12.0 Å². The lowest BCUT2D eigenvalue weighted by Gasteiger charge is -2.21. The predicted molar refractivity (Wildman–Crippen MR) is 77.1 cm³/mol. The first kappa shape index (κ1) is 19.8. The maximum atomic E-state index is 12.6. The van der Waals surface area contributed by atoms with Crippen LogP contribution in [0.5, 0.6) is 0 Å². The van der Waals surface area contributed by atoms with Crippen LogP contribution in [0.1, 0.15) is 39.0 Å². The number of carbonyl (C=O) groups excluding carboxylic acids is 2. The molecule has 24 heavy (non-hydrogen) atoms. The van der Waals surface area contributed by atoms with Gasteiger partial charge in [-0.25, -0.2) is 9.59 Å². The van der Waals surface area contributed by atoms with E-state index in [9.17, 15) is 22.8 Å². The van der Waals surface area contributed by atoms with Crippen LogP contribution in [0.3, 0.4) is 0 Å². The minimum absolute atomic E-state index is 0.108. The van der Waals surface area contributed by atoms with E-state index in [2.05, 4.69) is 10.4 Å². The van der Waals surface area contributed by atoms with Gasteiger partial charge < -0.3 is 14.8 Å². The van der Waals surface area contributed by atoms with E-state index >= 15 is 0 Å². The van der Waals surface area contributed by atoms with Crippen molar-refractivity contribution in [2.45, 2.75) is 51.9 Å². The lowest BCUT2D eigenvalue weighted by molar-refractivity contribution is -0.145. The van der Waals surface area contributed by atoms with Crippen molar-refractivity contribution in [1.29, 1.82) is 0 Å². The summed E-state index contributed by atoms with van der Waals surface area (Å²) in [6.45, 7) is 6.10. The highest BCUT2D eigenvalue weighted by Crippen LogP contribution is 2.30. The van der Waals surface area contributed by atoms with Crippen LogP contribution in [0, 0.1) is 0 Å². The molecule has 1 unspecified atom stereocenters. The monoisotopic (exact) mass is 351 g/mol. The molecule has 1 aromatic heterocycles. The molecule has 1 atom stereocenters. The van der Waals surface area contributed by atoms with Crippen LogP contribution in [-0.2, 0) is 26.9 Å². The Hall–Kier alpha value is -2.26. The molecule has 0 fully saturated rings. The molecule has 0 saturated carbocycles. The van der Waals surface area contributed by atoms with E-state index in [1.165, 1.54) is 6.92 Å². The zero-order chi connectivity index (χ0) is 18.5. The molecule has 10 heteroatoms. The molecule has 0 aliphatic rings. The first-order chi connectivity index (χ1) is 10.9. The van der Waals surface area contributed by atoms with Gasteiger partial charge in [0.1, 0.15) is 17.3 Å². The van der Waals surface area contributed by atoms with E-state index in [4.69, 9.17) is 9.47 Å². The summed E-state index contributed by atoms with van der Waals surface area (Å²) in [4.78, 5) is 23.2. The Morgan fingerprint density at radius 3 is 2.50 bits per heavy atom. The number of rotatable bonds is 5. The second-order valence-electron chi connectivity index (χ2n) is 6.05. The summed E-state index contributed by atoms with van der Waals surface area (Å²) in [5.74, 6) is -0.780. The molecule has 0 saturated heterocycles. The Balaban J connectivity index is 2.44. The molecule has 7 nitrogen and oxygen atoms in total. The highest BCUT2D eigenvalue weighted by Gasteiger charge is 2.35. The normalized spacial score (nSPS) is 13.3. The Bertz CT molecular complexity index is 579. The van der Waals surface area contributed by atoms with Crippen molar-refractivity contribution in [3.05, 3.63) is 17.5 Å². The maximum absolute atomic E-state index is 12.6. The summed E-state index contributed by atoms with van der Waals surface area (Å²) in [7, 11) is 0. The lowest BCUT2D eigenvalue weighted by atomic mass is 10.2. The number of halogens is 3. The fourth-order valence-corrected chi connectivity index (χ4v) is 1.68. The molecule has 136 valence electrons. The van der Waals surface area contributed by atoms with Gasteiger partial charge in [-0.15, -0.1) is 0 Å². The highest BCUT2D eigenvalue weighted by molar-refractivity contribution is 5.81. The molecule has 0 spiro atoms. The number of alkyl halides is 3. The van der Waals surface area contributed by atoms with Crippen molar-refractivity contribution >= 4 is 12.1 Å². The second-order valence-corrected chi connectivity index (χ2v) is 6.05. The van der Waals surface area contributed by atoms with Gasteiger partial charge in [0.25, 0.3) is 0 Å². The Morgan fingerprint density at radius 2 is 1.96 bits per heavy atom. The van der Waals surface area contributed by atoms with E-state index in [0.717, 1.165) is 6.20 Å². The Labute approximate surface area is 136 Å². The number of aromatic nitrogens is 2. The molecule has 0 aromatic carbocycles. The number of esters is 1. The number of hydrogen-bond donors (Lipinski definition) is 2. The fourth-order valence-electron chi connectivity index (χ4n) is 1.68. The van der Waals surface area contributed by atoms with Gasteiger partial charge >= 0.3 is 18.2 Å². The molecule has 1 aromatic rings. The minimum atomic E-state index is -4.55. The van der Waals surface area contributed by atoms with E-state index in [1.807, 2.05) is 5.10 Å². The van der Waals surface area contributed by atoms with Crippen LogP contribution < -0.4 is 5.32 Å². The van der Waals surface area contributed by atoms with E-state index in [-0.39, 0.29) is 18.6 Å². The molecule has 1 rings (SSSR count). The number of nitrogens with one attached hydrogen (secondary N) is 2. The molecular formula is C14H20F3N3O4. The van der Waals surface area contributed by atoms with E-state index < -0.39 is 35.6 Å². The van der Waals surface area contributed by atoms with Gasteiger partial charge in [-0.3, -0.25) is 5.10 Å². The third-order valence-corrected chi connectivity index (χ3v) is 2.70. The van der Waals surface area contributed by atoms with Crippen molar-refractivity contribution in [3.63, 3.8) is 0 Å². The number of H-pyrrole nitrogens is 1. The number of aromatic amines is 1.